The van der Waals surface area contributed by atoms with E-state index in [1.54, 1.807) is 48.5 Å². The molecule has 0 atom stereocenters. The fraction of sp³-hybridized carbons (Fsp3) is 0. The molecule has 10 N–H and O–H groups in total. The lowest BCUT2D eigenvalue weighted by molar-refractivity contribution is 1.40. The number of amidine groups is 4. The second-order valence-electron chi connectivity index (χ2n) is 6.53. The minimum absolute atomic E-state index is 0.000762. The van der Waals surface area contributed by atoms with Gasteiger partial charge in [0.1, 0.15) is 23.3 Å². The molecule has 0 bridgehead atoms. The number of nitrogen functional groups attached to an aromatic ring is 3. The zero-order chi connectivity index (χ0) is 21.7. The van der Waals surface area contributed by atoms with Crippen LogP contribution in [0.4, 0.5) is 11.4 Å². The minimum Gasteiger partial charge on any atom is -0.384 e. The maximum absolute atomic E-state index is 7.56. The highest BCUT2D eigenvalue weighted by Crippen LogP contribution is 2.18. The van der Waals surface area contributed by atoms with Crippen LogP contribution in [0.1, 0.15) is 22.3 Å². The lowest BCUT2D eigenvalue weighted by Gasteiger charge is -2.12. The van der Waals surface area contributed by atoms with Gasteiger partial charge in [-0.05, 0) is 48.5 Å². The molecule has 0 amide bonds. The van der Waals surface area contributed by atoms with Crippen molar-refractivity contribution in [3.05, 3.63) is 95.1 Å². The fourth-order valence-electron chi connectivity index (χ4n) is 2.69. The van der Waals surface area contributed by atoms with Crippen LogP contribution in [0.2, 0.25) is 0 Å². The Morgan fingerprint density at radius 3 is 1.37 bits per heavy atom. The molecule has 3 aromatic rings. The van der Waals surface area contributed by atoms with Crippen LogP contribution in [0.5, 0.6) is 0 Å². The molecular formula is C22H22N8. The number of nitrogens with one attached hydrogen (secondary N) is 4. The van der Waals surface area contributed by atoms with E-state index in [2.05, 4.69) is 5.32 Å². The largest absolute Gasteiger partial charge is 0.384 e. The SMILES string of the molecule is N=C(N)c1ccc(N=C(Nc2ccc(C(=N)N)cc2)c2ccc(C(=N)N)cc2)cc1. The third kappa shape index (κ3) is 4.87. The summed E-state index contributed by atoms with van der Waals surface area (Å²) in [5.74, 6) is 0.568. The molecular weight excluding hydrogens is 376 g/mol. The van der Waals surface area contributed by atoms with Gasteiger partial charge >= 0.3 is 0 Å². The van der Waals surface area contributed by atoms with Gasteiger partial charge in [0.05, 0.1) is 5.69 Å². The number of nitrogens with zero attached hydrogens (tertiary/aromatic N) is 1. The first kappa shape index (κ1) is 20.3. The van der Waals surface area contributed by atoms with Gasteiger partial charge in [-0.3, -0.25) is 16.2 Å². The topological polar surface area (TPSA) is 174 Å². The Labute approximate surface area is 174 Å². The number of hydrogen-bond donors (Lipinski definition) is 7. The Balaban J connectivity index is 1.97. The van der Waals surface area contributed by atoms with Crippen LogP contribution < -0.4 is 22.5 Å². The quantitative estimate of drug-likeness (QED) is 0.250. The van der Waals surface area contributed by atoms with Crippen molar-refractivity contribution in [1.82, 2.24) is 0 Å². The normalized spacial score (nSPS) is 11.0. The molecule has 8 nitrogen and oxygen atoms in total. The van der Waals surface area contributed by atoms with Gasteiger partial charge in [-0.2, -0.15) is 0 Å². The molecule has 0 fully saturated rings. The number of aliphatic imine (C=N–C) groups is 1. The number of anilines is 1. The average molecular weight is 398 g/mol. The third-order valence-corrected chi connectivity index (χ3v) is 4.35. The van der Waals surface area contributed by atoms with Crippen molar-refractivity contribution in [3.8, 4) is 0 Å². The summed E-state index contributed by atoms with van der Waals surface area (Å²) in [7, 11) is 0. The molecule has 150 valence electrons. The summed E-state index contributed by atoms with van der Waals surface area (Å²) in [6, 6.07) is 21.3. The Kier molecular flexibility index (Phi) is 5.88. The second-order valence-corrected chi connectivity index (χ2v) is 6.53. The lowest BCUT2D eigenvalue weighted by Crippen LogP contribution is -2.16. The highest BCUT2D eigenvalue weighted by atomic mass is 15.0. The van der Waals surface area contributed by atoms with Gasteiger partial charge in [0, 0.05) is 27.9 Å². The molecule has 0 aliphatic carbocycles. The van der Waals surface area contributed by atoms with Gasteiger partial charge < -0.3 is 22.5 Å². The molecule has 0 aromatic heterocycles. The van der Waals surface area contributed by atoms with E-state index in [1.807, 2.05) is 24.3 Å². The predicted octanol–water partition coefficient (Wildman–Crippen LogP) is 2.73. The van der Waals surface area contributed by atoms with Crippen LogP contribution in [0.25, 0.3) is 0 Å². The Bertz CT molecular complexity index is 1110. The van der Waals surface area contributed by atoms with Crippen LogP contribution in [0.15, 0.2) is 77.8 Å². The molecule has 0 aliphatic rings. The molecule has 0 spiro atoms. The standard InChI is InChI=1S/C22H22N8/c23-19(24)13-1-3-16(4-2-13)22(29-17-9-5-14(6-10-17)20(25)26)30-18-11-7-15(8-12-18)21(27)28/h1-12H,(H3,23,24)(H3,25,26)(H3,27,28)(H,29,30). The van der Waals surface area contributed by atoms with Crippen molar-refractivity contribution in [2.75, 3.05) is 5.32 Å². The van der Waals surface area contributed by atoms with Crippen molar-refractivity contribution < 1.29 is 0 Å². The molecule has 0 saturated carbocycles. The smallest absolute Gasteiger partial charge is 0.138 e. The van der Waals surface area contributed by atoms with Gasteiger partial charge in [-0.15, -0.1) is 0 Å². The second kappa shape index (κ2) is 8.70. The van der Waals surface area contributed by atoms with Crippen molar-refractivity contribution in [3.63, 3.8) is 0 Å². The van der Waals surface area contributed by atoms with Gasteiger partial charge in [0.2, 0.25) is 0 Å². The first-order valence-corrected chi connectivity index (χ1v) is 9.03. The number of rotatable bonds is 6. The Morgan fingerprint density at radius 2 is 0.933 bits per heavy atom. The van der Waals surface area contributed by atoms with Gasteiger partial charge in [0.15, 0.2) is 0 Å². The molecule has 0 heterocycles. The third-order valence-electron chi connectivity index (χ3n) is 4.35. The number of nitrogens with two attached hydrogens (primary N) is 3. The summed E-state index contributed by atoms with van der Waals surface area (Å²) in [6.45, 7) is 0. The molecule has 0 aliphatic heterocycles. The maximum Gasteiger partial charge on any atom is 0.138 e. The van der Waals surface area contributed by atoms with Crippen LogP contribution in [0, 0.1) is 16.2 Å². The van der Waals surface area contributed by atoms with Gasteiger partial charge in [-0.1, -0.05) is 24.3 Å². The van der Waals surface area contributed by atoms with E-state index in [0.717, 1.165) is 11.3 Å². The van der Waals surface area contributed by atoms with E-state index in [0.29, 0.717) is 28.2 Å². The first-order valence-electron chi connectivity index (χ1n) is 9.03. The summed E-state index contributed by atoms with van der Waals surface area (Å²) in [6.07, 6.45) is 0. The average Bonchev–Trinajstić information content (AvgIpc) is 2.74. The summed E-state index contributed by atoms with van der Waals surface area (Å²) < 4.78 is 0. The molecule has 3 rings (SSSR count). The highest BCUT2D eigenvalue weighted by Gasteiger charge is 2.07. The first-order chi connectivity index (χ1) is 14.3. The van der Waals surface area contributed by atoms with E-state index in [1.165, 1.54) is 0 Å². The summed E-state index contributed by atoms with van der Waals surface area (Å²) >= 11 is 0. The molecule has 8 heteroatoms. The molecule has 3 aromatic carbocycles. The summed E-state index contributed by atoms with van der Waals surface area (Å²) in [4.78, 5) is 4.70. The van der Waals surface area contributed by atoms with E-state index >= 15 is 0 Å². The fourth-order valence-corrected chi connectivity index (χ4v) is 2.69. The van der Waals surface area contributed by atoms with Crippen LogP contribution >= 0.6 is 0 Å². The molecule has 0 saturated heterocycles. The molecule has 0 radical (unpaired) electrons. The van der Waals surface area contributed by atoms with Crippen LogP contribution in [-0.2, 0) is 0 Å². The maximum atomic E-state index is 7.56. The lowest BCUT2D eigenvalue weighted by atomic mass is 10.1. The predicted molar refractivity (Wildman–Crippen MR) is 122 cm³/mol. The van der Waals surface area contributed by atoms with Crippen LogP contribution in [0.3, 0.4) is 0 Å². The number of hydrogen-bond acceptors (Lipinski definition) is 4. The van der Waals surface area contributed by atoms with E-state index in [4.69, 9.17) is 38.4 Å². The number of benzene rings is 3. The zero-order valence-corrected chi connectivity index (χ0v) is 16.1. The van der Waals surface area contributed by atoms with Crippen molar-refractivity contribution in [2.45, 2.75) is 0 Å². The van der Waals surface area contributed by atoms with Crippen molar-refractivity contribution >= 4 is 34.7 Å². The molecule has 30 heavy (non-hydrogen) atoms. The zero-order valence-electron chi connectivity index (χ0n) is 16.1. The Morgan fingerprint density at radius 1 is 0.567 bits per heavy atom. The van der Waals surface area contributed by atoms with E-state index in [9.17, 15) is 0 Å². The Hall–Kier alpha value is -4.46. The van der Waals surface area contributed by atoms with Gasteiger partial charge in [-0.25, -0.2) is 4.99 Å². The highest BCUT2D eigenvalue weighted by molar-refractivity contribution is 6.10. The summed E-state index contributed by atoms with van der Waals surface area (Å²) in [5, 5.41) is 25.9. The minimum atomic E-state index is -0.00681. The summed E-state index contributed by atoms with van der Waals surface area (Å²) in [5.41, 5.74) is 20.7. The van der Waals surface area contributed by atoms with Crippen LogP contribution in [-0.4, -0.2) is 23.3 Å². The van der Waals surface area contributed by atoms with Crippen molar-refractivity contribution in [1.29, 1.82) is 16.2 Å². The monoisotopic (exact) mass is 398 g/mol. The van der Waals surface area contributed by atoms with E-state index in [-0.39, 0.29) is 17.5 Å². The van der Waals surface area contributed by atoms with E-state index < -0.39 is 0 Å². The molecule has 0 unspecified atom stereocenters. The van der Waals surface area contributed by atoms with Crippen molar-refractivity contribution in [2.24, 2.45) is 22.2 Å². The van der Waals surface area contributed by atoms with Gasteiger partial charge in [0.25, 0.3) is 0 Å².